The van der Waals surface area contributed by atoms with Gasteiger partial charge >= 0.3 is 0 Å². The lowest BCUT2D eigenvalue weighted by Gasteiger charge is -2.40. The maximum Gasteiger partial charge on any atom is 0.237 e. The summed E-state index contributed by atoms with van der Waals surface area (Å²) in [7, 11) is 0. The zero-order chi connectivity index (χ0) is 16.4. The summed E-state index contributed by atoms with van der Waals surface area (Å²) >= 11 is 6.13. The topological polar surface area (TPSA) is 70.2 Å². The van der Waals surface area contributed by atoms with Crippen LogP contribution in [-0.4, -0.2) is 29.9 Å². The molecule has 3 N–H and O–H groups in total. The average Bonchev–Trinajstić information content (AvgIpc) is 2.51. The van der Waals surface area contributed by atoms with Crippen LogP contribution in [0.3, 0.4) is 0 Å². The summed E-state index contributed by atoms with van der Waals surface area (Å²) in [6.07, 6.45) is 4.50. The van der Waals surface area contributed by atoms with Crippen molar-refractivity contribution in [2.24, 2.45) is 0 Å². The largest absolute Gasteiger partial charge is 0.350 e. The third-order valence-corrected chi connectivity index (χ3v) is 4.93. The molecule has 2 aliphatic rings. The smallest absolute Gasteiger partial charge is 0.237 e. The second kappa shape index (κ2) is 6.89. The van der Waals surface area contributed by atoms with Gasteiger partial charge in [-0.3, -0.25) is 9.59 Å². The number of anilines is 1. The summed E-state index contributed by atoms with van der Waals surface area (Å²) in [5.41, 5.74) is 1.61. The lowest BCUT2D eigenvalue weighted by Crippen LogP contribution is -2.65. The van der Waals surface area contributed by atoms with Gasteiger partial charge in [-0.1, -0.05) is 30.5 Å². The fourth-order valence-corrected chi connectivity index (χ4v) is 3.66. The van der Waals surface area contributed by atoms with Crippen LogP contribution in [0, 0.1) is 6.92 Å². The van der Waals surface area contributed by atoms with Crippen molar-refractivity contribution in [3.63, 3.8) is 0 Å². The first kappa shape index (κ1) is 16.3. The van der Waals surface area contributed by atoms with E-state index in [0.29, 0.717) is 10.7 Å². The van der Waals surface area contributed by atoms with Gasteiger partial charge in [0.2, 0.25) is 11.8 Å². The molecule has 0 bridgehead atoms. The first-order chi connectivity index (χ1) is 11.0. The molecule has 1 heterocycles. The van der Waals surface area contributed by atoms with E-state index in [1.165, 1.54) is 6.42 Å². The highest BCUT2D eigenvalue weighted by Gasteiger charge is 2.36. The third kappa shape index (κ3) is 3.85. The summed E-state index contributed by atoms with van der Waals surface area (Å²) in [4.78, 5) is 24.4. The van der Waals surface area contributed by atoms with E-state index >= 15 is 0 Å². The highest BCUT2D eigenvalue weighted by molar-refractivity contribution is 6.33. The quantitative estimate of drug-likeness (QED) is 0.794. The number of rotatable bonds is 3. The minimum absolute atomic E-state index is 0.0849. The molecule has 1 saturated carbocycles. The Morgan fingerprint density at radius 2 is 2.04 bits per heavy atom. The minimum atomic E-state index is -0.474. The van der Waals surface area contributed by atoms with E-state index in [0.717, 1.165) is 24.8 Å². The third-order valence-electron chi connectivity index (χ3n) is 4.61. The SMILES string of the molecule is Cc1ccc(NC(=O)C[C@@H]2N[C@@H]3CCCC[C@@H]3NC2=O)c(Cl)c1. The van der Waals surface area contributed by atoms with E-state index < -0.39 is 6.04 Å². The first-order valence-electron chi connectivity index (χ1n) is 8.15. The normalized spacial score (nSPS) is 27.0. The molecule has 1 aliphatic carbocycles. The maximum atomic E-state index is 12.2. The number of amides is 2. The molecule has 0 aromatic heterocycles. The van der Waals surface area contributed by atoms with Crippen LogP contribution in [-0.2, 0) is 9.59 Å². The molecule has 1 aromatic rings. The molecule has 5 nitrogen and oxygen atoms in total. The summed E-state index contributed by atoms with van der Waals surface area (Å²) in [6.45, 7) is 1.94. The maximum absolute atomic E-state index is 12.2. The molecular weight excluding hydrogens is 314 g/mol. The highest BCUT2D eigenvalue weighted by atomic mass is 35.5. The van der Waals surface area contributed by atoms with Gasteiger partial charge in [-0.25, -0.2) is 0 Å². The second-order valence-electron chi connectivity index (χ2n) is 6.46. The van der Waals surface area contributed by atoms with Crippen LogP contribution in [0.2, 0.25) is 5.02 Å². The van der Waals surface area contributed by atoms with Gasteiger partial charge in [0.15, 0.2) is 0 Å². The molecular formula is C17H22ClN3O2. The molecule has 2 fully saturated rings. The summed E-state index contributed by atoms with van der Waals surface area (Å²) in [6, 6.07) is 5.48. The van der Waals surface area contributed by atoms with Gasteiger partial charge in [-0.2, -0.15) is 0 Å². The number of nitrogens with one attached hydrogen (secondary N) is 3. The predicted molar refractivity (Wildman–Crippen MR) is 90.5 cm³/mol. The molecule has 0 unspecified atom stereocenters. The van der Waals surface area contributed by atoms with Gasteiger partial charge < -0.3 is 16.0 Å². The van der Waals surface area contributed by atoms with Crippen molar-refractivity contribution in [3.05, 3.63) is 28.8 Å². The number of hydrogen-bond acceptors (Lipinski definition) is 3. The number of fused-ring (bicyclic) bond motifs is 1. The zero-order valence-electron chi connectivity index (χ0n) is 13.2. The Morgan fingerprint density at radius 3 is 2.78 bits per heavy atom. The molecule has 1 aliphatic heterocycles. The molecule has 1 aromatic carbocycles. The number of carbonyl (C=O) groups is 2. The van der Waals surface area contributed by atoms with Crippen LogP contribution in [0.1, 0.15) is 37.7 Å². The average molecular weight is 336 g/mol. The Bertz CT molecular complexity index is 620. The lowest BCUT2D eigenvalue weighted by molar-refractivity contribution is -0.129. The lowest BCUT2D eigenvalue weighted by atomic mass is 9.87. The molecule has 6 heteroatoms. The van der Waals surface area contributed by atoms with Gasteiger partial charge in [0, 0.05) is 12.1 Å². The van der Waals surface area contributed by atoms with Gasteiger partial charge in [0.25, 0.3) is 0 Å². The zero-order valence-corrected chi connectivity index (χ0v) is 14.0. The van der Waals surface area contributed by atoms with Crippen LogP contribution in [0.15, 0.2) is 18.2 Å². The van der Waals surface area contributed by atoms with E-state index in [4.69, 9.17) is 11.6 Å². The van der Waals surface area contributed by atoms with Crippen molar-refractivity contribution < 1.29 is 9.59 Å². The fraction of sp³-hybridized carbons (Fsp3) is 0.529. The van der Waals surface area contributed by atoms with Gasteiger partial charge in [0.1, 0.15) is 0 Å². The fourth-order valence-electron chi connectivity index (χ4n) is 3.38. The van der Waals surface area contributed by atoms with Crippen molar-refractivity contribution in [3.8, 4) is 0 Å². The Hall–Kier alpha value is -1.59. The molecule has 23 heavy (non-hydrogen) atoms. The van der Waals surface area contributed by atoms with Crippen LogP contribution < -0.4 is 16.0 Å². The van der Waals surface area contributed by atoms with E-state index in [9.17, 15) is 9.59 Å². The Kier molecular flexibility index (Phi) is 4.87. The molecule has 1 saturated heterocycles. The van der Waals surface area contributed by atoms with E-state index in [1.807, 2.05) is 13.0 Å². The first-order valence-corrected chi connectivity index (χ1v) is 8.53. The molecule has 0 radical (unpaired) electrons. The van der Waals surface area contributed by atoms with Crippen LogP contribution >= 0.6 is 11.6 Å². The highest BCUT2D eigenvalue weighted by Crippen LogP contribution is 2.24. The van der Waals surface area contributed by atoms with Gasteiger partial charge in [0.05, 0.1) is 23.2 Å². The number of aryl methyl sites for hydroxylation is 1. The van der Waals surface area contributed by atoms with Crippen molar-refractivity contribution in [1.29, 1.82) is 0 Å². The summed E-state index contributed by atoms with van der Waals surface area (Å²) < 4.78 is 0. The van der Waals surface area contributed by atoms with Crippen molar-refractivity contribution >= 4 is 29.1 Å². The van der Waals surface area contributed by atoms with Crippen molar-refractivity contribution in [2.45, 2.75) is 57.2 Å². The molecule has 3 atom stereocenters. The number of halogens is 1. The molecule has 124 valence electrons. The Labute approximate surface area is 141 Å². The van der Waals surface area contributed by atoms with Crippen molar-refractivity contribution in [1.82, 2.24) is 10.6 Å². The molecule has 2 amide bonds. The monoisotopic (exact) mass is 335 g/mol. The van der Waals surface area contributed by atoms with Gasteiger partial charge in [-0.05, 0) is 37.5 Å². The summed E-state index contributed by atoms with van der Waals surface area (Å²) in [5.74, 6) is -0.295. The Balaban J connectivity index is 1.59. The number of carbonyl (C=O) groups excluding carboxylic acids is 2. The number of hydrogen-bond donors (Lipinski definition) is 3. The number of piperazine rings is 1. The predicted octanol–water partition coefficient (Wildman–Crippen LogP) is 2.38. The van der Waals surface area contributed by atoms with Crippen molar-refractivity contribution in [2.75, 3.05) is 5.32 Å². The standard InChI is InChI=1S/C17H22ClN3O2/c1-10-6-7-12(11(18)8-10)20-16(22)9-15-17(23)21-14-5-3-2-4-13(14)19-15/h6-8,13-15,19H,2-5,9H2,1H3,(H,20,22)(H,21,23)/t13-,14+,15+/m1/s1. The van der Waals surface area contributed by atoms with E-state index in [-0.39, 0.29) is 30.3 Å². The van der Waals surface area contributed by atoms with Crippen LogP contribution in [0.25, 0.3) is 0 Å². The van der Waals surface area contributed by atoms with E-state index in [2.05, 4.69) is 16.0 Å². The molecule has 0 spiro atoms. The van der Waals surface area contributed by atoms with Crippen LogP contribution in [0.5, 0.6) is 0 Å². The van der Waals surface area contributed by atoms with Gasteiger partial charge in [-0.15, -0.1) is 0 Å². The number of benzene rings is 1. The second-order valence-corrected chi connectivity index (χ2v) is 6.87. The molecule has 3 rings (SSSR count). The minimum Gasteiger partial charge on any atom is -0.350 e. The van der Waals surface area contributed by atoms with Crippen LogP contribution in [0.4, 0.5) is 5.69 Å². The Morgan fingerprint density at radius 1 is 1.30 bits per heavy atom. The van der Waals surface area contributed by atoms with E-state index in [1.54, 1.807) is 12.1 Å². The summed E-state index contributed by atoms with van der Waals surface area (Å²) in [5, 5.41) is 9.68.